The van der Waals surface area contributed by atoms with Crippen molar-refractivity contribution in [1.29, 1.82) is 0 Å². The Kier molecular flexibility index (Phi) is 15.8. The van der Waals surface area contributed by atoms with Gasteiger partial charge in [0.2, 0.25) is 11.8 Å². The lowest BCUT2D eigenvalue weighted by atomic mass is 9.87. The number of phosphoric acid groups is 3. The molecule has 1 aliphatic heterocycles. The Morgan fingerprint density at radius 1 is 1.09 bits per heavy atom. The Morgan fingerprint density at radius 3 is 2.41 bits per heavy atom. The standard InChI is InChI=1S/C24H38N7O19P3S/c1-24(2,19(37)22(38)27-4-3-13(32)26-5-6-54-15(35)7-14(33)34)9-47-53(44,45)50-52(42,43)46-8-12-18(49-51(39,40)41)17(36)23(48-12)31-11-30-16-20(25)28-10-29-21(16)31/h10-12,17-19,23,36-37H,3-9H2,1-2H3,(H,26,32)(H,27,38)(H,33,34)(H,42,43)(H,44,45)(H2,25,28,29)(H2,39,40,41)/t12-,17-,18-,19+,23-/m1/s1/i10+2. The number of nitrogens with two attached hydrogens (primary N) is 1. The molecule has 2 amide bonds. The van der Waals surface area contributed by atoms with Gasteiger partial charge in [-0.2, -0.15) is 4.31 Å². The summed E-state index contributed by atoms with van der Waals surface area (Å²) in [5, 5.41) is 34.0. The SMILES string of the molecule is CC(C)(COP(=O)(O)OP(=O)(O)OC[C@H]1O[C@@H](n2cnc3c(N)n[14cH]nc32)[C@H](O)[C@@H]1OP(=O)(O)O)[C@@H](O)C(=O)NCCC(=O)NCCSC(=O)CC(=O)O. The summed E-state index contributed by atoms with van der Waals surface area (Å²) in [6.07, 6.45) is -7.78. The summed E-state index contributed by atoms with van der Waals surface area (Å²) in [6.45, 7) is 0.132. The number of nitrogens with zero attached hydrogens (tertiary/aromatic N) is 4. The first-order valence-electron chi connectivity index (χ1n) is 15.2. The molecule has 1 aliphatic rings. The summed E-state index contributed by atoms with van der Waals surface area (Å²) in [7, 11) is -16.4. The molecule has 1 saturated heterocycles. The average molecular weight is 856 g/mol. The van der Waals surface area contributed by atoms with Crippen molar-refractivity contribution >= 4 is 75.1 Å². The van der Waals surface area contributed by atoms with Crippen LogP contribution in [0.15, 0.2) is 12.7 Å². The first-order valence-corrected chi connectivity index (χ1v) is 20.7. The molecule has 7 atom stereocenters. The van der Waals surface area contributed by atoms with Crippen LogP contribution in [0.25, 0.3) is 11.2 Å². The van der Waals surface area contributed by atoms with Crippen molar-refractivity contribution in [3.8, 4) is 0 Å². The largest absolute Gasteiger partial charge is 0.481 e. The molecule has 2 unspecified atom stereocenters. The molecule has 0 saturated carbocycles. The third-order valence-electron chi connectivity index (χ3n) is 7.06. The molecule has 0 aliphatic carbocycles. The highest BCUT2D eigenvalue weighted by Gasteiger charge is 2.50. The van der Waals surface area contributed by atoms with Gasteiger partial charge in [-0.25, -0.2) is 28.6 Å². The highest BCUT2D eigenvalue weighted by Crippen LogP contribution is 2.61. The number of phosphoric ester groups is 3. The lowest BCUT2D eigenvalue weighted by Gasteiger charge is -2.30. The smallest absolute Gasteiger partial charge is 0.481 e. The topological polar surface area (TPSA) is 401 Å². The van der Waals surface area contributed by atoms with Crippen LogP contribution < -0.4 is 16.4 Å². The van der Waals surface area contributed by atoms with Gasteiger partial charge in [-0.1, -0.05) is 25.6 Å². The van der Waals surface area contributed by atoms with E-state index >= 15 is 0 Å². The fraction of sp³-hybridized carbons (Fsp3) is 0.625. The highest BCUT2D eigenvalue weighted by molar-refractivity contribution is 8.13. The van der Waals surface area contributed by atoms with Gasteiger partial charge in [0.15, 0.2) is 22.8 Å². The van der Waals surface area contributed by atoms with Gasteiger partial charge in [0.1, 0.15) is 42.7 Å². The number of thioether (sulfide) groups is 1. The molecular formula is C24H38N7O19P3S. The summed E-state index contributed by atoms with van der Waals surface area (Å²) in [5.41, 5.74) is 4.19. The number of ether oxygens (including phenoxy) is 1. The van der Waals surface area contributed by atoms with Gasteiger partial charge in [0.05, 0.1) is 19.5 Å². The first kappa shape index (κ1) is 45.4. The molecule has 11 N–H and O–H groups in total. The van der Waals surface area contributed by atoms with Crippen LogP contribution in [-0.2, 0) is 55.5 Å². The van der Waals surface area contributed by atoms with Crippen molar-refractivity contribution in [2.45, 2.75) is 57.3 Å². The second-order valence-corrected chi connectivity index (χ2v) is 17.2. The van der Waals surface area contributed by atoms with Gasteiger partial charge in [0, 0.05) is 30.7 Å². The van der Waals surface area contributed by atoms with Crippen LogP contribution in [0.2, 0.25) is 0 Å². The van der Waals surface area contributed by atoms with E-state index in [0.29, 0.717) is 0 Å². The Labute approximate surface area is 308 Å². The number of anilines is 1. The lowest BCUT2D eigenvalue weighted by molar-refractivity contribution is -0.139. The molecule has 0 radical (unpaired) electrons. The number of aliphatic hydroxyl groups excluding tert-OH is 2. The normalized spacial score (nSPS) is 21.9. The summed E-state index contributed by atoms with van der Waals surface area (Å²) in [6, 6.07) is 0. The van der Waals surface area contributed by atoms with Crippen LogP contribution in [-0.4, -0.2) is 134 Å². The molecule has 0 aromatic carbocycles. The molecule has 26 nitrogen and oxygen atoms in total. The minimum Gasteiger partial charge on any atom is -0.481 e. The number of carboxylic acid groups (broad SMARTS) is 1. The minimum atomic E-state index is -5.59. The van der Waals surface area contributed by atoms with Gasteiger partial charge >= 0.3 is 29.4 Å². The van der Waals surface area contributed by atoms with E-state index in [1.807, 2.05) is 0 Å². The van der Waals surface area contributed by atoms with Gasteiger partial charge in [-0.15, -0.1) is 0 Å². The number of carbonyl (C=O) groups is 4. The van der Waals surface area contributed by atoms with Crippen LogP contribution in [0, 0.1) is 5.41 Å². The van der Waals surface area contributed by atoms with E-state index in [1.165, 1.54) is 13.8 Å². The zero-order valence-electron chi connectivity index (χ0n) is 28.1. The van der Waals surface area contributed by atoms with Gasteiger partial charge in [-0.3, -0.25) is 37.3 Å². The fourth-order valence-corrected chi connectivity index (χ4v) is 7.96. The molecule has 30 heteroatoms. The third-order valence-corrected chi connectivity index (χ3v) is 11.0. The number of nitrogens with one attached hydrogen (secondary N) is 2. The van der Waals surface area contributed by atoms with Crippen LogP contribution >= 0.6 is 35.2 Å². The second-order valence-electron chi connectivity index (χ2n) is 11.9. The number of amides is 2. The number of imidazole rings is 1. The van der Waals surface area contributed by atoms with E-state index in [1.54, 1.807) is 0 Å². The number of hydrogen-bond acceptors (Lipinski definition) is 19. The Hall–Kier alpha value is -2.97. The molecule has 3 heterocycles. The van der Waals surface area contributed by atoms with Gasteiger partial charge < -0.3 is 56.0 Å². The monoisotopic (exact) mass is 855 g/mol. The number of aliphatic hydroxyl groups is 2. The van der Waals surface area contributed by atoms with Crippen molar-refractivity contribution in [2.24, 2.45) is 5.41 Å². The number of aromatic nitrogens is 4. The molecule has 2 aromatic heterocycles. The molecule has 0 bridgehead atoms. The van der Waals surface area contributed by atoms with Crippen molar-refractivity contribution in [3.05, 3.63) is 12.7 Å². The van der Waals surface area contributed by atoms with Crippen LogP contribution in [0.3, 0.4) is 0 Å². The zero-order valence-corrected chi connectivity index (χ0v) is 31.6. The Balaban J connectivity index is 1.51. The van der Waals surface area contributed by atoms with Gasteiger partial charge in [-0.05, 0) is 0 Å². The Morgan fingerprint density at radius 2 is 1.76 bits per heavy atom. The van der Waals surface area contributed by atoms with Crippen LogP contribution in [0.5, 0.6) is 0 Å². The predicted molar refractivity (Wildman–Crippen MR) is 179 cm³/mol. The maximum atomic E-state index is 12.6. The Bertz CT molecular complexity index is 1830. The quantitative estimate of drug-likeness (QED) is 0.0374. The van der Waals surface area contributed by atoms with Gasteiger partial charge in [0.25, 0.3) is 0 Å². The third kappa shape index (κ3) is 13.6. The maximum Gasteiger partial charge on any atom is 0.481 e. The molecule has 0 spiro atoms. The van der Waals surface area contributed by atoms with Crippen molar-refractivity contribution in [1.82, 2.24) is 30.2 Å². The van der Waals surface area contributed by atoms with Crippen molar-refractivity contribution in [3.63, 3.8) is 0 Å². The number of hydrogen-bond donors (Lipinski definition) is 10. The second kappa shape index (κ2) is 18.8. The first-order chi connectivity index (χ1) is 24.9. The lowest BCUT2D eigenvalue weighted by Crippen LogP contribution is -2.46. The van der Waals surface area contributed by atoms with E-state index in [2.05, 4.69) is 34.4 Å². The van der Waals surface area contributed by atoms with E-state index in [9.17, 15) is 62.7 Å². The van der Waals surface area contributed by atoms with E-state index in [4.69, 9.17) is 24.6 Å². The summed E-state index contributed by atoms with van der Waals surface area (Å²) >= 11 is 0.718. The number of carbonyl (C=O) groups excluding carboxylic acids is 3. The van der Waals surface area contributed by atoms with Crippen molar-refractivity contribution in [2.75, 3.05) is 37.8 Å². The molecule has 3 rings (SSSR count). The number of nitrogen functional groups attached to an aromatic ring is 1. The van der Waals surface area contributed by atoms with Crippen LogP contribution in [0.1, 0.15) is 32.9 Å². The number of carboxylic acids is 1. The highest BCUT2D eigenvalue weighted by atomic mass is 32.2. The summed E-state index contributed by atoms with van der Waals surface area (Å²) in [5.74, 6) is -2.80. The number of rotatable bonds is 21. The molecule has 304 valence electrons. The molecule has 2 aromatic rings. The predicted octanol–water partition coefficient (Wildman–Crippen LogP) is -1.86. The minimum absolute atomic E-state index is 0.0185. The summed E-state index contributed by atoms with van der Waals surface area (Å²) < 4.78 is 61.8. The average Bonchev–Trinajstić information content (AvgIpc) is 3.60. The maximum absolute atomic E-state index is 12.6. The van der Waals surface area contributed by atoms with E-state index in [0.717, 1.165) is 29.0 Å². The molecule has 54 heavy (non-hydrogen) atoms. The number of fused-ring (bicyclic) bond motifs is 1. The van der Waals surface area contributed by atoms with Crippen LogP contribution in [0.4, 0.5) is 5.82 Å². The molecule has 1 fully saturated rings. The van der Waals surface area contributed by atoms with Crippen molar-refractivity contribution < 1.29 is 90.4 Å². The van der Waals surface area contributed by atoms with E-state index < -0.39 is 102 Å². The zero-order chi connectivity index (χ0) is 40.6. The molecular weight excluding hydrogens is 817 g/mol. The number of aliphatic carboxylic acids is 1. The van der Waals surface area contributed by atoms with E-state index in [-0.39, 0.29) is 42.2 Å². The summed E-state index contributed by atoms with van der Waals surface area (Å²) in [4.78, 5) is 97.0. The fourth-order valence-electron chi connectivity index (χ4n) is 4.47.